The summed E-state index contributed by atoms with van der Waals surface area (Å²) in [4.78, 5) is 36.4. The Bertz CT molecular complexity index is 957. The second-order valence-electron chi connectivity index (χ2n) is 6.41. The van der Waals surface area contributed by atoms with Crippen LogP contribution in [0.15, 0.2) is 24.3 Å². The second kappa shape index (κ2) is 8.67. The molecule has 1 aromatic carbocycles. The van der Waals surface area contributed by atoms with E-state index in [2.05, 4.69) is 16.7 Å². The first kappa shape index (κ1) is 19.6. The van der Waals surface area contributed by atoms with Gasteiger partial charge in [-0.3, -0.25) is 9.59 Å². The average Bonchev–Trinajstić information content (AvgIpc) is 3.03. The van der Waals surface area contributed by atoms with E-state index < -0.39 is 18.5 Å². The monoisotopic (exact) mass is 397 g/mol. The number of esters is 1. The van der Waals surface area contributed by atoms with Crippen molar-refractivity contribution in [3.8, 4) is 6.07 Å². The van der Waals surface area contributed by atoms with Gasteiger partial charge in [0, 0.05) is 17.5 Å². The Hall–Kier alpha value is -3.18. The molecule has 7 nitrogen and oxygen atoms in total. The molecule has 0 bridgehead atoms. The Kier molecular flexibility index (Phi) is 6.06. The number of benzene rings is 1. The number of thiophene rings is 1. The number of nitrogens with zero attached hydrogens (tertiary/aromatic N) is 1. The number of nitriles is 1. The quantitative estimate of drug-likeness (QED) is 0.753. The minimum absolute atomic E-state index is 0.209. The molecule has 0 atom stereocenters. The summed E-state index contributed by atoms with van der Waals surface area (Å²) in [6.07, 6.45) is 3.91. The van der Waals surface area contributed by atoms with Crippen LogP contribution in [0.5, 0.6) is 0 Å². The van der Waals surface area contributed by atoms with E-state index in [1.54, 1.807) is 12.1 Å². The van der Waals surface area contributed by atoms with Gasteiger partial charge in [0.1, 0.15) is 11.1 Å². The lowest BCUT2D eigenvalue weighted by atomic mass is 9.96. The highest BCUT2D eigenvalue weighted by molar-refractivity contribution is 7.16. The van der Waals surface area contributed by atoms with Gasteiger partial charge in [0.25, 0.3) is 5.91 Å². The van der Waals surface area contributed by atoms with E-state index in [0.717, 1.165) is 36.1 Å². The highest BCUT2D eigenvalue weighted by atomic mass is 32.1. The van der Waals surface area contributed by atoms with E-state index in [1.807, 2.05) is 0 Å². The zero-order chi connectivity index (χ0) is 20.1. The standard InChI is InChI=1S/C20H19N3O4S/c1-12(24)22-14-8-6-13(7-9-14)20(26)27-11-18(25)23-19-16(10-21)15-4-2-3-5-17(15)28-19/h6-9H,2-5,11H2,1H3,(H,22,24)(H,23,25). The van der Waals surface area contributed by atoms with Gasteiger partial charge >= 0.3 is 5.97 Å². The van der Waals surface area contributed by atoms with E-state index in [4.69, 9.17) is 4.74 Å². The molecule has 1 aliphatic carbocycles. The Balaban J connectivity index is 1.57. The molecule has 0 spiro atoms. The maximum atomic E-state index is 12.2. The molecular weight excluding hydrogens is 378 g/mol. The highest BCUT2D eigenvalue weighted by Gasteiger charge is 2.22. The third-order valence-corrected chi connectivity index (χ3v) is 5.52. The van der Waals surface area contributed by atoms with Crippen molar-refractivity contribution in [2.75, 3.05) is 17.2 Å². The van der Waals surface area contributed by atoms with Crippen molar-refractivity contribution in [1.82, 2.24) is 0 Å². The summed E-state index contributed by atoms with van der Waals surface area (Å²) in [6, 6.07) is 8.34. The summed E-state index contributed by atoms with van der Waals surface area (Å²) in [5.41, 5.74) is 2.39. The molecule has 2 N–H and O–H groups in total. The molecule has 28 heavy (non-hydrogen) atoms. The molecule has 0 fully saturated rings. The number of amides is 2. The molecule has 0 saturated carbocycles. The number of carbonyl (C=O) groups excluding carboxylic acids is 3. The van der Waals surface area contributed by atoms with E-state index in [-0.39, 0.29) is 11.5 Å². The minimum atomic E-state index is -0.643. The van der Waals surface area contributed by atoms with Crippen molar-refractivity contribution in [2.24, 2.45) is 0 Å². The Morgan fingerprint density at radius 2 is 1.86 bits per heavy atom. The number of carbonyl (C=O) groups is 3. The zero-order valence-electron chi connectivity index (χ0n) is 15.3. The van der Waals surface area contributed by atoms with Crippen LogP contribution in [0, 0.1) is 11.3 Å². The molecule has 0 unspecified atom stereocenters. The number of hydrogen-bond donors (Lipinski definition) is 2. The smallest absolute Gasteiger partial charge is 0.338 e. The fourth-order valence-corrected chi connectivity index (χ4v) is 4.30. The number of rotatable bonds is 5. The Labute approximate surface area is 166 Å². The molecule has 0 saturated heterocycles. The van der Waals surface area contributed by atoms with Crippen LogP contribution in [0.25, 0.3) is 0 Å². The fourth-order valence-electron chi connectivity index (χ4n) is 3.04. The predicted octanol–water partition coefficient (Wildman–Crippen LogP) is 3.25. The third kappa shape index (κ3) is 4.56. The predicted molar refractivity (Wildman–Crippen MR) is 105 cm³/mol. The van der Waals surface area contributed by atoms with Crippen LogP contribution < -0.4 is 10.6 Å². The van der Waals surface area contributed by atoms with Crippen molar-refractivity contribution in [3.63, 3.8) is 0 Å². The molecule has 0 radical (unpaired) electrons. The van der Waals surface area contributed by atoms with E-state index in [9.17, 15) is 19.6 Å². The van der Waals surface area contributed by atoms with E-state index in [1.165, 1.54) is 30.4 Å². The van der Waals surface area contributed by atoms with E-state index >= 15 is 0 Å². The van der Waals surface area contributed by atoms with Crippen molar-refractivity contribution in [2.45, 2.75) is 32.6 Å². The summed E-state index contributed by atoms with van der Waals surface area (Å²) in [7, 11) is 0. The van der Waals surface area contributed by atoms with Crippen LogP contribution in [-0.2, 0) is 27.2 Å². The summed E-state index contributed by atoms with van der Waals surface area (Å²) in [5, 5.41) is 15.2. The summed E-state index contributed by atoms with van der Waals surface area (Å²) in [6.45, 7) is 0.947. The van der Waals surface area contributed by atoms with Crippen LogP contribution >= 0.6 is 11.3 Å². The van der Waals surface area contributed by atoms with Crippen molar-refractivity contribution < 1.29 is 19.1 Å². The number of fused-ring (bicyclic) bond motifs is 1. The molecule has 0 aliphatic heterocycles. The van der Waals surface area contributed by atoms with Gasteiger partial charge in [-0.1, -0.05) is 0 Å². The fraction of sp³-hybridized carbons (Fsp3) is 0.300. The molecule has 8 heteroatoms. The van der Waals surface area contributed by atoms with E-state index in [0.29, 0.717) is 16.3 Å². The lowest BCUT2D eigenvalue weighted by molar-refractivity contribution is -0.119. The zero-order valence-corrected chi connectivity index (χ0v) is 16.1. The van der Waals surface area contributed by atoms with Crippen LogP contribution in [0.4, 0.5) is 10.7 Å². The molecule has 2 amide bonds. The largest absolute Gasteiger partial charge is 0.452 e. The van der Waals surface area contributed by atoms with Gasteiger partial charge in [0.05, 0.1) is 11.1 Å². The average molecular weight is 397 g/mol. The number of aryl methyl sites for hydroxylation is 1. The van der Waals surface area contributed by atoms with Gasteiger partial charge in [0.15, 0.2) is 6.61 Å². The highest BCUT2D eigenvalue weighted by Crippen LogP contribution is 2.37. The van der Waals surface area contributed by atoms with Crippen molar-refractivity contribution in [1.29, 1.82) is 5.26 Å². The van der Waals surface area contributed by atoms with Gasteiger partial charge < -0.3 is 15.4 Å². The van der Waals surface area contributed by atoms with Gasteiger partial charge in [-0.05, 0) is 55.5 Å². The lowest BCUT2D eigenvalue weighted by Crippen LogP contribution is -2.21. The molecule has 1 aromatic heterocycles. The van der Waals surface area contributed by atoms with Crippen LogP contribution in [0.1, 0.15) is 46.1 Å². The van der Waals surface area contributed by atoms with Crippen LogP contribution in [0.3, 0.4) is 0 Å². The molecular formula is C20H19N3O4S. The molecule has 144 valence electrons. The summed E-state index contributed by atoms with van der Waals surface area (Å²) < 4.78 is 5.04. The first-order valence-electron chi connectivity index (χ1n) is 8.87. The van der Waals surface area contributed by atoms with Gasteiger partial charge in [-0.2, -0.15) is 5.26 Å². The molecule has 3 rings (SSSR count). The Morgan fingerprint density at radius 1 is 1.14 bits per heavy atom. The van der Waals surface area contributed by atoms with Crippen molar-refractivity contribution >= 4 is 39.8 Å². The van der Waals surface area contributed by atoms with Crippen LogP contribution in [0.2, 0.25) is 0 Å². The number of nitrogens with one attached hydrogen (secondary N) is 2. The minimum Gasteiger partial charge on any atom is -0.452 e. The third-order valence-electron chi connectivity index (χ3n) is 4.31. The molecule has 1 heterocycles. The molecule has 1 aliphatic rings. The number of anilines is 2. The SMILES string of the molecule is CC(=O)Nc1ccc(C(=O)OCC(=O)Nc2sc3c(c2C#N)CCCC3)cc1. The van der Waals surface area contributed by atoms with Gasteiger partial charge in [0.2, 0.25) is 5.91 Å². The maximum absolute atomic E-state index is 12.2. The normalized spacial score (nSPS) is 12.4. The van der Waals surface area contributed by atoms with Crippen molar-refractivity contribution in [3.05, 3.63) is 45.8 Å². The number of ether oxygens (including phenoxy) is 1. The number of hydrogen-bond acceptors (Lipinski definition) is 6. The summed E-state index contributed by atoms with van der Waals surface area (Å²) in [5.74, 6) is -1.34. The first-order valence-corrected chi connectivity index (χ1v) is 9.69. The molecule has 2 aromatic rings. The van der Waals surface area contributed by atoms with Gasteiger partial charge in [-0.25, -0.2) is 4.79 Å². The van der Waals surface area contributed by atoms with Gasteiger partial charge in [-0.15, -0.1) is 11.3 Å². The maximum Gasteiger partial charge on any atom is 0.338 e. The summed E-state index contributed by atoms with van der Waals surface area (Å²) >= 11 is 1.42. The van der Waals surface area contributed by atoms with Crippen LogP contribution in [-0.4, -0.2) is 24.4 Å². The first-order chi connectivity index (χ1) is 13.5. The lowest BCUT2D eigenvalue weighted by Gasteiger charge is -2.09. The topological polar surface area (TPSA) is 108 Å². The Morgan fingerprint density at radius 3 is 2.54 bits per heavy atom. The second-order valence-corrected chi connectivity index (χ2v) is 7.51.